The Balaban J connectivity index is 0.00000242. The minimum Gasteiger partial charge on any atom is -0.497 e. The molecule has 0 radical (unpaired) electrons. The number of pyridine rings is 1. The molecule has 0 saturated heterocycles. The van der Waals surface area contributed by atoms with E-state index < -0.39 is 0 Å². The van der Waals surface area contributed by atoms with Crippen molar-refractivity contribution in [2.75, 3.05) is 19.0 Å². The number of hydrogen-bond acceptors (Lipinski definition) is 4. The van der Waals surface area contributed by atoms with Crippen molar-refractivity contribution in [2.45, 2.75) is 39.2 Å². The third-order valence-corrected chi connectivity index (χ3v) is 3.77. The zero-order valence-electron chi connectivity index (χ0n) is 14.0. The maximum atomic E-state index is 5.58. The molecule has 2 aromatic rings. The van der Waals surface area contributed by atoms with E-state index >= 15 is 0 Å². The van der Waals surface area contributed by atoms with Crippen LogP contribution in [-0.4, -0.2) is 24.7 Å². The lowest BCUT2D eigenvalue weighted by atomic mass is 10.0. The Bertz CT molecular complexity index is 608. The number of benzene rings is 1. The lowest BCUT2D eigenvalue weighted by molar-refractivity contribution is 0.415. The Labute approximate surface area is 159 Å². The van der Waals surface area contributed by atoms with E-state index in [0.717, 1.165) is 48.1 Å². The van der Waals surface area contributed by atoms with Crippen molar-refractivity contribution in [1.29, 1.82) is 0 Å². The van der Waals surface area contributed by atoms with E-state index in [4.69, 9.17) is 10.5 Å². The molecule has 0 spiro atoms. The van der Waals surface area contributed by atoms with Crippen LogP contribution in [0, 0.1) is 0 Å². The highest BCUT2D eigenvalue weighted by molar-refractivity contribution is 8.93. The fourth-order valence-electron chi connectivity index (χ4n) is 2.58. The van der Waals surface area contributed by atoms with Crippen LogP contribution in [0.3, 0.4) is 0 Å². The summed E-state index contributed by atoms with van der Waals surface area (Å²) in [7, 11) is 1.70. The van der Waals surface area contributed by atoms with E-state index in [2.05, 4.69) is 36.3 Å². The molecule has 3 N–H and O–H groups in total. The molecule has 2 rings (SSSR count). The maximum absolute atomic E-state index is 5.58. The molecule has 1 aromatic heterocycles. The van der Waals surface area contributed by atoms with E-state index in [1.165, 1.54) is 5.56 Å². The molecule has 0 amide bonds. The van der Waals surface area contributed by atoms with Crippen molar-refractivity contribution in [3.05, 3.63) is 30.0 Å². The van der Waals surface area contributed by atoms with Gasteiger partial charge in [0, 0.05) is 23.7 Å². The summed E-state index contributed by atoms with van der Waals surface area (Å²) in [5, 5.41) is 4.71. The summed E-state index contributed by atoms with van der Waals surface area (Å²) in [6.07, 6.45) is 4.92. The summed E-state index contributed by atoms with van der Waals surface area (Å²) in [5.41, 5.74) is 8.91. The standard InChI is InChI=1S/C17H25N3O.2BrH/c1-4-13-7-9-19-17-15(13)10-14(21-3)11-16(17)20-12(2)6-5-8-18;;/h7,9-12,20H,4-6,8,18H2,1-3H3;2*1H. The van der Waals surface area contributed by atoms with Gasteiger partial charge in [-0.3, -0.25) is 4.98 Å². The number of methoxy groups -OCH3 is 1. The van der Waals surface area contributed by atoms with Crippen molar-refractivity contribution >= 4 is 50.6 Å². The van der Waals surface area contributed by atoms with Crippen LogP contribution in [0.4, 0.5) is 5.69 Å². The van der Waals surface area contributed by atoms with E-state index in [9.17, 15) is 0 Å². The molecule has 0 aliphatic heterocycles. The van der Waals surface area contributed by atoms with Crippen molar-refractivity contribution in [1.82, 2.24) is 4.98 Å². The van der Waals surface area contributed by atoms with Gasteiger partial charge in [-0.05, 0) is 50.4 Å². The third-order valence-electron chi connectivity index (χ3n) is 3.77. The predicted octanol–water partition coefficient (Wildman–Crippen LogP) is 4.50. The number of nitrogens with one attached hydrogen (secondary N) is 1. The molecule has 1 atom stereocenters. The second-order valence-electron chi connectivity index (χ2n) is 5.37. The fourth-order valence-corrected chi connectivity index (χ4v) is 2.58. The molecular weight excluding hydrogens is 422 g/mol. The van der Waals surface area contributed by atoms with E-state index in [0.29, 0.717) is 6.04 Å². The van der Waals surface area contributed by atoms with Gasteiger partial charge in [0.2, 0.25) is 0 Å². The highest BCUT2D eigenvalue weighted by Crippen LogP contribution is 2.31. The normalized spacial score (nSPS) is 11.3. The molecule has 0 aliphatic carbocycles. The van der Waals surface area contributed by atoms with Crippen LogP contribution in [0.2, 0.25) is 0 Å². The zero-order valence-corrected chi connectivity index (χ0v) is 17.4. The number of rotatable bonds is 7. The van der Waals surface area contributed by atoms with Gasteiger partial charge >= 0.3 is 0 Å². The number of fused-ring (bicyclic) bond motifs is 1. The van der Waals surface area contributed by atoms with Gasteiger partial charge in [-0.2, -0.15) is 0 Å². The molecule has 0 saturated carbocycles. The largest absolute Gasteiger partial charge is 0.497 e. The van der Waals surface area contributed by atoms with Crippen LogP contribution in [0.15, 0.2) is 24.4 Å². The minimum atomic E-state index is 0. The Morgan fingerprint density at radius 2 is 2.04 bits per heavy atom. The summed E-state index contributed by atoms with van der Waals surface area (Å²) < 4.78 is 5.44. The number of halogens is 2. The van der Waals surface area contributed by atoms with Gasteiger partial charge in [0.1, 0.15) is 5.75 Å². The fraction of sp³-hybridized carbons (Fsp3) is 0.471. The number of nitrogens with two attached hydrogens (primary N) is 1. The van der Waals surface area contributed by atoms with E-state index in [1.807, 2.05) is 12.3 Å². The smallest absolute Gasteiger partial charge is 0.121 e. The predicted molar refractivity (Wildman–Crippen MR) is 110 cm³/mol. The number of ether oxygens (including phenoxy) is 1. The first-order chi connectivity index (χ1) is 10.2. The van der Waals surface area contributed by atoms with Gasteiger partial charge in [0.05, 0.1) is 18.3 Å². The monoisotopic (exact) mass is 447 g/mol. The second kappa shape index (κ2) is 10.8. The van der Waals surface area contributed by atoms with E-state index in [-0.39, 0.29) is 34.0 Å². The molecular formula is C17H27Br2N3O. The molecule has 0 bridgehead atoms. The van der Waals surface area contributed by atoms with Crippen LogP contribution >= 0.6 is 34.0 Å². The quantitative estimate of drug-likeness (QED) is 0.654. The topological polar surface area (TPSA) is 60.2 Å². The van der Waals surface area contributed by atoms with Gasteiger partial charge < -0.3 is 15.8 Å². The number of anilines is 1. The average Bonchev–Trinajstić information content (AvgIpc) is 2.52. The third kappa shape index (κ3) is 5.62. The Hall–Kier alpha value is -0.850. The first kappa shape index (κ1) is 22.1. The second-order valence-corrected chi connectivity index (χ2v) is 5.37. The maximum Gasteiger partial charge on any atom is 0.121 e. The minimum absolute atomic E-state index is 0. The SMILES string of the molecule is Br.Br.CCc1ccnc2c(NC(C)CCCN)cc(OC)cc12. The van der Waals surface area contributed by atoms with Crippen molar-refractivity contribution in [3.8, 4) is 5.75 Å². The number of aromatic nitrogens is 1. The van der Waals surface area contributed by atoms with Gasteiger partial charge in [-0.25, -0.2) is 0 Å². The van der Waals surface area contributed by atoms with Crippen LogP contribution in [0.25, 0.3) is 10.9 Å². The molecule has 1 heterocycles. The highest BCUT2D eigenvalue weighted by Gasteiger charge is 2.11. The number of hydrogen-bond donors (Lipinski definition) is 2. The lowest BCUT2D eigenvalue weighted by Crippen LogP contribution is -2.17. The molecule has 1 unspecified atom stereocenters. The molecule has 23 heavy (non-hydrogen) atoms. The molecule has 6 heteroatoms. The average molecular weight is 449 g/mol. The summed E-state index contributed by atoms with van der Waals surface area (Å²) in [5.74, 6) is 0.860. The number of aryl methyl sites for hydroxylation is 1. The lowest BCUT2D eigenvalue weighted by Gasteiger charge is -2.18. The summed E-state index contributed by atoms with van der Waals surface area (Å²) in [6, 6.07) is 6.52. The zero-order chi connectivity index (χ0) is 15.2. The van der Waals surface area contributed by atoms with Crippen molar-refractivity contribution in [3.63, 3.8) is 0 Å². The first-order valence-electron chi connectivity index (χ1n) is 7.61. The highest BCUT2D eigenvalue weighted by atomic mass is 79.9. The Morgan fingerprint density at radius 1 is 1.30 bits per heavy atom. The summed E-state index contributed by atoms with van der Waals surface area (Å²) in [4.78, 5) is 4.56. The van der Waals surface area contributed by atoms with Crippen LogP contribution in [0.5, 0.6) is 5.75 Å². The first-order valence-corrected chi connectivity index (χ1v) is 7.61. The van der Waals surface area contributed by atoms with Gasteiger partial charge in [0.25, 0.3) is 0 Å². The van der Waals surface area contributed by atoms with E-state index in [1.54, 1.807) is 7.11 Å². The van der Waals surface area contributed by atoms with Crippen LogP contribution in [-0.2, 0) is 6.42 Å². The molecule has 130 valence electrons. The molecule has 1 aromatic carbocycles. The molecule has 0 fully saturated rings. The van der Waals surface area contributed by atoms with Gasteiger partial charge in [0.15, 0.2) is 0 Å². The van der Waals surface area contributed by atoms with Crippen molar-refractivity contribution < 1.29 is 4.74 Å². The summed E-state index contributed by atoms with van der Waals surface area (Å²) in [6.45, 7) is 5.05. The molecule has 4 nitrogen and oxygen atoms in total. The molecule has 0 aliphatic rings. The van der Waals surface area contributed by atoms with Gasteiger partial charge in [-0.1, -0.05) is 6.92 Å². The van der Waals surface area contributed by atoms with Crippen LogP contribution < -0.4 is 15.8 Å². The summed E-state index contributed by atoms with van der Waals surface area (Å²) >= 11 is 0. The Kier molecular flexibility index (Phi) is 10.4. The Morgan fingerprint density at radius 3 is 2.65 bits per heavy atom. The van der Waals surface area contributed by atoms with Crippen molar-refractivity contribution in [2.24, 2.45) is 5.73 Å². The van der Waals surface area contributed by atoms with Gasteiger partial charge in [-0.15, -0.1) is 34.0 Å². The van der Waals surface area contributed by atoms with Crippen LogP contribution in [0.1, 0.15) is 32.3 Å². The number of nitrogens with zero attached hydrogens (tertiary/aromatic N) is 1.